The van der Waals surface area contributed by atoms with E-state index in [1.54, 1.807) is 6.33 Å². The molecule has 3 rings (SSSR count). The number of fused-ring (bicyclic) bond motifs is 1. The van der Waals surface area contributed by atoms with Crippen LogP contribution in [-0.2, 0) is 11.2 Å². The Labute approximate surface area is 154 Å². The summed E-state index contributed by atoms with van der Waals surface area (Å²) in [5.41, 5.74) is 4.38. The molecule has 0 aliphatic carbocycles. The Balaban J connectivity index is 1.49. The molecular formula is C21H26N4O. The number of rotatable bonds is 7. The van der Waals surface area contributed by atoms with Crippen molar-refractivity contribution in [3.8, 4) is 0 Å². The standard InChI is InChI=1S/C21H26N4O/c1-16(25-15-23-19-8-4-5-9-20(19)25)21(26)22-14-6-7-17-10-12-18(13-11-17)24(2)3/h4-5,8-13,15-16H,6-7,14H2,1-3H3,(H,22,26). The fourth-order valence-electron chi connectivity index (χ4n) is 3.03. The Morgan fingerprint density at radius 1 is 1.15 bits per heavy atom. The van der Waals surface area contributed by atoms with E-state index in [4.69, 9.17) is 0 Å². The van der Waals surface area contributed by atoms with Crippen LogP contribution in [0.3, 0.4) is 0 Å². The van der Waals surface area contributed by atoms with E-state index in [1.807, 2.05) is 49.9 Å². The van der Waals surface area contributed by atoms with Crippen molar-refractivity contribution in [2.75, 3.05) is 25.5 Å². The largest absolute Gasteiger partial charge is 0.378 e. The van der Waals surface area contributed by atoms with E-state index < -0.39 is 0 Å². The average Bonchev–Trinajstić information content (AvgIpc) is 3.09. The molecule has 1 atom stereocenters. The number of hydrogen-bond acceptors (Lipinski definition) is 3. The third kappa shape index (κ3) is 4.04. The van der Waals surface area contributed by atoms with Crippen LogP contribution in [0.5, 0.6) is 0 Å². The number of para-hydroxylation sites is 2. The van der Waals surface area contributed by atoms with Gasteiger partial charge in [-0.3, -0.25) is 4.79 Å². The van der Waals surface area contributed by atoms with Crippen LogP contribution in [0.2, 0.25) is 0 Å². The number of carbonyl (C=O) groups excluding carboxylic acids is 1. The van der Waals surface area contributed by atoms with E-state index in [1.165, 1.54) is 11.3 Å². The number of nitrogens with zero attached hydrogens (tertiary/aromatic N) is 3. The molecule has 26 heavy (non-hydrogen) atoms. The number of nitrogens with one attached hydrogen (secondary N) is 1. The van der Waals surface area contributed by atoms with Gasteiger partial charge in [0.2, 0.25) is 5.91 Å². The lowest BCUT2D eigenvalue weighted by atomic mass is 10.1. The van der Waals surface area contributed by atoms with Crippen LogP contribution in [0.4, 0.5) is 5.69 Å². The highest BCUT2D eigenvalue weighted by molar-refractivity contribution is 5.83. The molecule has 136 valence electrons. The van der Waals surface area contributed by atoms with Crippen LogP contribution in [0.1, 0.15) is 24.9 Å². The Bertz CT molecular complexity index is 867. The maximum Gasteiger partial charge on any atom is 0.242 e. The first-order valence-electron chi connectivity index (χ1n) is 9.02. The molecule has 1 aromatic heterocycles. The number of aryl methyl sites for hydroxylation is 1. The Hall–Kier alpha value is -2.82. The number of anilines is 1. The van der Waals surface area contributed by atoms with E-state index in [0.29, 0.717) is 6.54 Å². The van der Waals surface area contributed by atoms with Gasteiger partial charge in [-0.2, -0.15) is 0 Å². The zero-order valence-corrected chi connectivity index (χ0v) is 15.6. The highest BCUT2D eigenvalue weighted by Gasteiger charge is 2.16. The minimum atomic E-state index is -0.276. The summed E-state index contributed by atoms with van der Waals surface area (Å²) < 4.78 is 1.92. The SMILES string of the molecule is CC(C(=O)NCCCc1ccc(N(C)C)cc1)n1cnc2ccccc21. The van der Waals surface area contributed by atoms with E-state index in [9.17, 15) is 4.79 Å². The topological polar surface area (TPSA) is 50.2 Å². The van der Waals surface area contributed by atoms with E-state index in [-0.39, 0.29) is 11.9 Å². The Morgan fingerprint density at radius 2 is 1.88 bits per heavy atom. The molecule has 0 saturated heterocycles. The lowest BCUT2D eigenvalue weighted by Crippen LogP contribution is -2.31. The van der Waals surface area contributed by atoms with Crippen molar-refractivity contribution < 1.29 is 4.79 Å². The van der Waals surface area contributed by atoms with Crippen molar-refractivity contribution in [1.29, 1.82) is 0 Å². The van der Waals surface area contributed by atoms with Crippen molar-refractivity contribution in [1.82, 2.24) is 14.9 Å². The summed E-state index contributed by atoms with van der Waals surface area (Å²) in [5.74, 6) is 0.0242. The summed E-state index contributed by atoms with van der Waals surface area (Å²) in [4.78, 5) is 18.9. The first-order valence-corrected chi connectivity index (χ1v) is 9.02. The summed E-state index contributed by atoms with van der Waals surface area (Å²) in [6.45, 7) is 2.58. The van der Waals surface area contributed by atoms with Gasteiger partial charge in [-0.1, -0.05) is 24.3 Å². The van der Waals surface area contributed by atoms with Gasteiger partial charge < -0.3 is 14.8 Å². The number of imidazole rings is 1. The van der Waals surface area contributed by atoms with Crippen LogP contribution < -0.4 is 10.2 Å². The first-order chi connectivity index (χ1) is 12.6. The molecule has 3 aromatic rings. The maximum absolute atomic E-state index is 12.5. The summed E-state index contributed by atoms with van der Waals surface area (Å²) in [5, 5.41) is 3.04. The summed E-state index contributed by atoms with van der Waals surface area (Å²) in [6.07, 6.45) is 3.61. The van der Waals surface area contributed by atoms with Gasteiger partial charge in [-0.15, -0.1) is 0 Å². The molecule has 0 aliphatic rings. The van der Waals surface area contributed by atoms with Gasteiger partial charge in [0.15, 0.2) is 0 Å². The molecule has 5 nitrogen and oxygen atoms in total. The van der Waals surface area contributed by atoms with Crippen LogP contribution in [0.15, 0.2) is 54.9 Å². The van der Waals surface area contributed by atoms with Crippen molar-refractivity contribution in [3.63, 3.8) is 0 Å². The monoisotopic (exact) mass is 350 g/mol. The molecule has 2 aromatic carbocycles. The van der Waals surface area contributed by atoms with Crippen LogP contribution >= 0.6 is 0 Å². The summed E-state index contributed by atoms with van der Waals surface area (Å²) in [7, 11) is 4.07. The van der Waals surface area contributed by atoms with Crippen molar-refractivity contribution in [2.24, 2.45) is 0 Å². The fraction of sp³-hybridized carbons (Fsp3) is 0.333. The predicted octanol–water partition coefficient (Wildman–Crippen LogP) is 3.41. The molecule has 0 aliphatic heterocycles. The van der Waals surface area contributed by atoms with Gasteiger partial charge in [0.25, 0.3) is 0 Å². The van der Waals surface area contributed by atoms with Crippen molar-refractivity contribution >= 4 is 22.6 Å². The summed E-state index contributed by atoms with van der Waals surface area (Å²) in [6, 6.07) is 16.1. The quantitative estimate of drug-likeness (QED) is 0.664. The third-order valence-electron chi connectivity index (χ3n) is 4.67. The zero-order valence-electron chi connectivity index (χ0n) is 15.6. The Morgan fingerprint density at radius 3 is 2.62 bits per heavy atom. The molecule has 0 spiro atoms. The lowest BCUT2D eigenvalue weighted by molar-refractivity contribution is -0.123. The van der Waals surface area contributed by atoms with Gasteiger partial charge in [0, 0.05) is 26.3 Å². The Kier molecular flexibility index (Phi) is 5.56. The third-order valence-corrected chi connectivity index (χ3v) is 4.67. The zero-order chi connectivity index (χ0) is 18.5. The van der Waals surface area contributed by atoms with Gasteiger partial charge in [-0.05, 0) is 49.6 Å². The second-order valence-electron chi connectivity index (χ2n) is 6.77. The molecule has 0 bridgehead atoms. The molecule has 1 heterocycles. The van der Waals surface area contributed by atoms with Crippen LogP contribution in [-0.4, -0.2) is 36.1 Å². The van der Waals surface area contributed by atoms with Gasteiger partial charge in [0.1, 0.15) is 6.04 Å². The molecule has 5 heteroatoms. The molecular weight excluding hydrogens is 324 g/mol. The van der Waals surface area contributed by atoms with E-state index >= 15 is 0 Å². The smallest absolute Gasteiger partial charge is 0.242 e. The highest BCUT2D eigenvalue weighted by atomic mass is 16.2. The lowest BCUT2D eigenvalue weighted by Gasteiger charge is -2.15. The predicted molar refractivity (Wildman–Crippen MR) is 107 cm³/mol. The molecule has 0 fully saturated rings. The van der Waals surface area contributed by atoms with Crippen molar-refractivity contribution in [2.45, 2.75) is 25.8 Å². The fourth-order valence-corrected chi connectivity index (χ4v) is 3.03. The molecule has 0 saturated carbocycles. The van der Waals surface area contributed by atoms with E-state index in [0.717, 1.165) is 23.9 Å². The van der Waals surface area contributed by atoms with Gasteiger partial charge >= 0.3 is 0 Å². The number of aromatic nitrogens is 2. The first kappa shape index (κ1) is 18.0. The highest BCUT2D eigenvalue weighted by Crippen LogP contribution is 2.17. The number of hydrogen-bond donors (Lipinski definition) is 1. The van der Waals surface area contributed by atoms with Crippen molar-refractivity contribution in [3.05, 3.63) is 60.4 Å². The molecule has 1 amide bonds. The minimum Gasteiger partial charge on any atom is -0.378 e. The molecule has 0 radical (unpaired) electrons. The second-order valence-corrected chi connectivity index (χ2v) is 6.77. The molecule has 1 N–H and O–H groups in total. The number of benzene rings is 2. The van der Waals surface area contributed by atoms with Crippen LogP contribution in [0.25, 0.3) is 11.0 Å². The average molecular weight is 350 g/mol. The molecule has 1 unspecified atom stereocenters. The minimum absolute atomic E-state index is 0.0242. The van der Waals surface area contributed by atoms with Gasteiger partial charge in [-0.25, -0.2) is 4.98 Å². The normalized spacial score (nSPS) is 12.1. The summed E-state index contributed by atoms with van der Waals surface area (Å²) >= 11 is 0. The second kappa shape index (κ2) is 8.04. The van der Waals surface area contributed by atoms with Gasteiger partial charge in [0.05, 0.1) is 17.4 Å². The van der Waals surface area contributed by atoms with E-state index in [2.05, 4.69) is 39.5 Å². The number of amides is 1. The number of carbonyl (C=O) groups is 1. The van der Waals surface area contributed by atoms with Crippen LogP contribution in [0, 0.1) is 0 Å². The maximum atomic E-state index is 12.5.